The zero-order valence-corrected chi connectivity index (χ0v) is 16.3. The maximum absolute atomic E-state index is 12.3. The van der Waals surface area contributed by atoms with Crippen LogP contribution < -0.4 is 20.5 Å². The van der Waals surface area contributed by atoms with Crippen molar-refractivity contribution in [3.05, 3.63) is 72.4 Å². The van der Waals surface area contributed by atoms with Crippen molar-refractivity contribution in [2.75, 3.05) is 7.11 Å². The molecule has 1 heterocycles. The predicted octanol–water partition coefficient (Wildman–Crippen LogP) is 4.16. The SMILES string of the molecule is COc1ccc2c(Oc3ccc4c(C(=O)NC(N)=S)cccc4c3)ccnc2c1. The molecule has 1 aromatic heterocycles. The fraction of sp³-hybridized carbons (Fsp3) is 0.0455. The van der Waals surface area contributed by atoms with Crippen molar-refractivity contribution in [2.45, 2.75) is 0 Å². The van der Waals surface area contributed by atoms with Crippen LogP contribution in [-0.2, 0) is 0 Å². The summed E-state index contributed by atoms with van der Waals surface area (Å²) in [6, 6.07) is 18.4. The number of amides is 1. The molecule has 1 amide bonds. The Morgan fingerprint density at radius 1 is 1.03 bits per heavy atom. The number of carbonyl (C=O) groups excluding carboxylic acids is 1. The van der Waals surface area contributed by atoms with Gasteiger partial charge in [-0.25, -0.2) is 0 Å². The Bertz CT molecular complexity index is 1260. The first-order valence-electron chi connectivity index (χ1n) is 8.79. The molecule has 3 aromatic carbocycles. The first-order valence-corrected chi connectivity index (χ1v) is 9.20. The molecule has 0 saturated heterocycles. The molecule has 0 aliphatic carbocycles. The number of carbonyl (C=O) groups is 1. The van der Waals surface area contributed by atoms with Gasteiger partial charge in [0, 0.05) is 23.2 Å². The summed E-state index contributed by atoms with van der Waals surface area (Å²) in [6.45, 7) is 0. The number of benzene rings is 3. The van der Waals surface area contributed by atoms with Crippen LogP contribution in [0, 0.1) is 0 Å². The highest BCUT2D eigenvalue weighted by molar-refractivity contribution is 7.80. The molecule has 0 atom stereocenters. The van der Waals surface area contributed by atoms with Gasteiger partial charge in [0.15, 0.2) is 5.11 Å². The van der Waals surface area contributed by atoms with E-state index in [0.29, 0.717) is 17.1 Å². The molecule has 0 saturated carbocycles. The highest BCUT2D eigenvalue weighted by Gasteiger charge is 2.12. The van der Waals surface area contributed by atoms with Gasteiger partial charge in [-0.2, -0.15) is 0 Å². The molecule has 0 bridgehead atoms. The lowest BCUT2D eigenvalue weighted by molar-refractivity contribution is 0.0979. The number of hydrogen-bond donors (Lipinski definition) is 2. The fourth-order valence-electron chi connectivity index (χ4n) is 3.15. The summed E-state index contributed by atoms with van der Waals surface area (Å²) >= 11 is 4.76. The lowest BCUT2D eigenvalue weighted by Gasteiger charge is -2.11. The number of nitrogens with two attached hydrogens (primary N) is 1. The quantitative estimate of drug-likeness (QED) is 0.498. The van der Waals surface area contributed by atoms with E-state index in [1.54, 1.807) is 25.4 Å². The van der Waals surface area contributed by atoms with Crippen molar-refractivity contribution in [1.82, 2.24) is 10.3 Å². The highest BCUT2D eigenvalue weighted by Crippen LogP contribution is 2.32. The molecule has 6 nitrogen and oxygen atoms in total. The van der Waals surface area contributed by atoms with Crippen LogP contribution in [-0.4, -0.2) is 23.1 Å². The second-order valence-corrected chi connectivity index (χ2v) is 6.74. The number of nitrogens with one attached hydrogen (secondary N) is 1. The normalized spacial score (nSPS) is 10.7. The third-order valence-electron chi connectivity index (χ3n) is 4.47. The minimum Gasteiger partial charge on any atom is -0.497 e. The smallest absolute Gasteiger partial charge is 0.258 e. The number of aromatic nitrogens is 1. The molecule has 0 spiro atoms. The number of pyridine rings is 1. The molecule has 4 rings (SSSR count). The lowest BCUT2D eigenvalue weighted by atomic mass is 10.0. The van der Waals surface area contributed by atoms with E-state index in [9.17, 15) is 4.79 Å². The van der Waals surface area contributed by atoms with E-state index in [-0.39, 0.29) is 11.0 Å². The van der Waals surface area contributed by atoms with Crippen molar-refractivity contribution in [1.29, 1.82) is 0 Å². The van der Waals surface area contributed by atoms with E-state index < -0.39 is 0 Å². The second-order valence-electron chi connectivity index (χ2n) is 6.30. The molecule has 0 aliphatic rings. The first-order chi connectivity index (χ1) is 14.0. The number of thiocarbonyl (C=S) groups is 1. The van der Waals surface area contributed by atoms with Crippen molar-refractivity contribution < 1.29 is 14.3 Å². The Labute approximate surface area is 172 Å². The molecular weight excluding hydrogens is 386 g/mol. The van der Waals surface area contributed by atoms with Gasteiger partial charge < -0.3 is 15.2 Å². The zero-order chi connectivity index (χ0) is 20.4. The number of hydrogen-bond acceptors (Lipinski definition) is 5. The minimum absolute atomic E-state index is 0.0619. The molecule has 0 unspecified atom stereocenters. The number of methoxy groups -OCH3 is 1. The number of ether oxygens (including phenoxy) is 2. The van der Waals surface area contributed by atoms with E-state index in [4.69, 9.17) is 27.4 Å². The van der Waals surface area contributed by atoms with Crippen LogP contribution in [0.5, 0.6) is 17.2 Å². The Morgan fingerprint density at radius 2 is 1.83 bits per heavy atom. The summed E-state index contributed by atoms with van der Waals surface area (Å²) < 4.78 is 11.4. The second kappa shape index (κ2) is 7.73. The van der Waals surface area contributed by atoms with Gasteiger partial charge in [0.1, 0.15) is 17.2 Å². The minimum atomic E-state index is -0.342. The molecule has 7 heteroatoms. The van der Waals surface area contributed by atoms with Crippen molar-refractivity contribution in [3.63, 3.8) is 0 Å². The van der Waals surface area contributed by atoms with E-state index in [1.165, 1.54) is 0 Å². The van der Waals surface area contributed by atoms with Crippen LogP contribution in [0.15, 0.2) is 66.9 Å². The molecule has 29 heavy (non-hydrogen) atoms. The van der Waals surface area contributed by atoms with E-state index in [0.717, 1.165) is 27.4 Å². The summed E-state index contributed by atoms with van der Waals surface area (Å²) in [6.07, 6.45) is 1.69. The molecular formula is C22H17N3O3S. The largest absolute Gasteiger partial charge is 0.497 e. The van der Waals surface area contributed by atoms with Crippen LogP contribution in [0.1, 0.15) is 10.4 Å². The number of rotatable bonds is 4. The summed E-state index contributed by atoms with van der Waals surface area (Å²) in [4.78, 5) is 16.7. The molecule has 3 N–H and O–H groups in total. The summed E-state index contributed by atoms with van der Waals surface area (Å²) in [7, 11) is 1.62. The Balaban J connectivity index is 1.70. The zero-order valence-electron chi connectivity index (χ0n) is 15.5. The van der Waals surface area contributed by atoms with Crippen LogP contribution in [0.3, 0.4) is 0 Å². The van der Waals surface area contributed by atoms with Gasteiger partial charge in [0.2, 0.25) is 0 Å². The standard InChI is InChI=1S/C22H17N3O3S/c1-27-14-5-8-18-19(12-14)24-10-9-20(18)28-15-6-7-16-13(11-15)3-2-4-17(16)21(26)25-22(23)29/h2-12H,1H3,(H3,23,25,26,29). The molecule has 0 fully saturated rings. The number of nitrogens with zero attached hydrogens (tertiary/aromatic N) is 1. The van der Waals surface area contributed by atoms with Crippen molar-refractivity contribution in [3.8, 4) is 17.2 Å². The van der Waals surface area contributed by atoms with Gasteiger partial charge >= 0.3 is 0 Å². The van der Waals surface area contributed by atoms with Crippen LogP contribution >= 0.6 is 12.2 Å². The summed E-state index contributed by atoms with van der Waals surface area (Å²) in [5, 5.41) is 4.90. The third-order valence-corrected chi connectivity index (χ3v) is 4.57. The number of fused-ring (bicyclic) bond motifs is 2. The fourth-order valence-corrected chi connectivity index (χ4v) is 3.24. The van der Waals surface area contributed by atoms with Gasteiger partial charge in [-0.3, -0.25) is 15.1 Å². The maximum Gasteiger partial charge on any atom is 0.258 e. The Kier molecular flexibility index (Phi) is 4.97. The topological polar surface area (TPSA) is 86.5 Å². The van der Waals surface area contributed by atoms with E-state index >= 15 is 0 Å². The van der Waals surface area contributed by atoms with Gasteiger partial charge in [-0.05, 0) is 65.5 Å². The van der Waals surface area contributed by atoms with Crippen LogP contribution in [0.2, 0.25) is 0 Å². The Morgan fingerprint density at radius 3 is 2.62 bits per heavy atom. The first kappa shape index (κ1) is 18.6. The van der Waals surface area contributed by atoms with E-state index in [2.05, 4.69) is 10.3 Å². The predicted molar refractivity (Wildman–Crippen MR) is 117 cm³/mol. The molecule has 0 aliphatic heterocycles. The van der Waals surface area contributed by atoms with Gasteiger partial charge in [0.05, 0.1) is 12.6 Å². The highest BCUT2D eigenvalue weighted by atomic mass is 32.1. The summed E-state index contributed by atoms with van der Waals surface area (Å²) in [5.41, 5.74) is 6.68. The molecule has 144 valence electrons. The average molecular weight is 403 g/mol. The van der Waals surface area contributed by atoms with Gasteiger partial charge in [0.25, 0.3) is 5.91 Å². The van der Waals surface area contributed by atoms with Crippen LogP contribution in [0.25, 0.3) is 21.7 Å². The maximum atomic E-state index is 12.3. The van der Waals surface area contributed by atoms with Crippen molar-refractivity contribution >= 4 is 44.9 Å². The monoisotopic (exact) mass is 403 g/mol. The van der Waals surface area contributed by atoms with E-state index in [1.807, 2.05) is 48.5 Å². The lowest BCUT2D eigenvalue weighted by Crippen LogP contribution is -2.34. The molecule has 4 aromatic rings. The Hall–Kier alpha value is -3.71. The summed E-state index contributed by atoms with van der Waals surface area (Å²) in [5.74, 6) is 1.72. The average Bonchev–Trinajstić information content (AvgIpc) is 2.72. The van der Waals surface area contributed by atoms with Gasteiger partial charge in [-0.15, -0.1) is 0 Å². The van der Waals surface area contributed by atoms with Gasteiger partial charge in [-0.1, -0.05) is 12.1 Å². The van der Waals surface area contributed by atoms with Crippen LogP contribution in [0.4, 0.5) is 0 Å². The van der Waals surface area contributed by atoms with Crippen molar-refractivity contribution in [2.24, 2.45) is 5.73 Å². The third kappa shape index (κ3) is 3.81. The molecule has 0 radical (unpaired) electrons.